The standard InChI is InChI=1S/C23H28N2O5/c1-3-17(26)25-16-7-9-21-8-4-11-24-12-10-22(16,23(21,24)30-18(27)13-21)14-5-6-15(29-2)20(28)19(14)25/h5-6,16,28H,3-4,7-13H2,1-2H3/t16-,21-,22+,23-/m0/s1. The van der Waals surface area contributed by atoms with Crippen molar-refractivity contribution in [2.75, 3.05) is 25.1 Å². The van der Waals surface area contributed by atoms with Crippen molar-refractivity contribution in [2.24, 2.45) is 5.41 Å². The third-order valence-electron chi connectivity index (χ3n) is 8.78. The average Bonchev–Trinajstić information content (AvgIpc) is 3.34. The largest absolute Gasteiger partial charge is 0.503 e. The predicted molar refractivity (Wildman–Crippen MR) is 108 cm³/mol. The molecule has 30 heavy (non-hydrogen) atoms. The zero-order valence-corrected chi connectivity index (χ0v) is 17.6. The smallest absolute Gasteiger partial charge is 0.308 e. The number of carbonyl (C=O) groups excluding carboxylic acids is 2. The number of benzene rings is 1. The average molecular weight is 412 g/mol. The number of methoxy groups -OCH3 is 1. The summed E-state index contributed by atoms with van der Waals surface area (Å²) >= 11 is 0. The summed E-state index contributed by atoms with van der Waals surface area (Å²) in [4.78, 5) is 30.2. The van der Waals surface area contributed by atoms with Gasteiger partial charge >= 0.3 is 5.97 Å². The topological polar surface area (TPSA) is 79.3 Å². The first-order valence-corrected chi connectivity index (χ1v) is 11.1. The minimum Gasteiger partial charge on any atom is -0.503 e. The van der Waals surface area contributed by atoms with Gasteiger partial charge in [0.2, 0.25) is 5.91 Å². The molecule has 4 fully saturated rings. The van der Waals surface area contributed by atoms with Crippen LogP contribution < -0.4 is 9.64 Å². The van der Waals surface area contributed by atoms with E-state index in [0.717, 1.165) is 50.8 Å². The van der Waals surface area contributed by atoms with Gasteiger partial charge in [0.15, 0.2) is 17.2 Å². The van der Waals surface area contributed by atoms with Gasteiger partial charge in [-0.25, -0.2) is 0 Å². The molecule has 0 unspecified atom stereocenters. The summed E-state index contributed by atoms with van der Waals surface area (Å²) in [5.41, 5.74) is 0.0499. The Morgan fingerprint density at radius 2 is 2.13 bits per heavy atom. The van der Waals surface area contributed by atoms with Crippen LogP contribution in [0.2, 0.25) is 0 Å². The lowest BCUT2D eigenvalue weighted by atomic mass is 9.50. The van der Waals surface area contributed by atoms with Crippen LogP contribution in [0.1, 0.15) is 57.4 Å². The van der Waals surface area contributed by atoms with Crippen LogP contribution in [0.25, 0.3) is 0 Å². The Morgan fingerprint density at radius 1 is 1.30 bits per heavy atom. The highest BCUT2D eigenvalue weighted by Gasteiger charge is 2.82. The summed E-state index contributed by atoms with van der Waals surface area (Å²) in [6.07, 6.45) is 5.34. The van der Waals surface area contributed by atoms with E-state index < -0.39 is 11.1 Å². The fourth-order valence-electron chi connectivity index (χ4n) is 7.96. The molecule has 1 saturated carbocycles. The number of phenols is 1. The third kappa shape index (κ3) is 1.72. The van der Waals surface area contributed by atoms with Crippen LogP contribution in [0.5, 0.6) is 11.5 Å². The van der Waals surface area contributed by atoms with E-state index in [2.05, 4.69) is 4.90 Å². The Balaban J connectivity index is 1.67. The lowest BCUT2D eigenvalue weighted by Gasteiger charge is -2.61. The van der Waals surface area contributed by atoms with Crippen molar-refractivity contribution in [3.05, 3.63) is 17.7 Å². The molecule has 3 saturated heterocycles. The summed E-state index contributed by atoms with van der Waals surface area (Å²) < 4.78 is 11.8. The quantitative estimate of drug-likeness (QED) is 0.753. The van der Waals surface area contributed by atoms with Crippen molar-refractivity contribution in [2.45, 2.75) is 69.1 Å². The fourth-order valence-corrected chi connectivity index (χ4v) is 7.96. The Hall–Kier alpha value is -2.28. The highest BCUT2D eigenvalue weighted by atomic mass is 16.6. The van der Waals surface area contributed by atoms with E-state index in [9.17, 15) is 14.7 Å². The second kappa shape index (κ2) is 5.69. The van der Waals surface area contributed by atoms with Gasteiger partial charge in [-0.15, -0.1) is 0 Å². The van der Waals surface area contributed by atoms with E-state index in [0.29, 0.717) is 24.3 Å². The van der Waals surface area contributed by atoms with Crippen LogP contribution in [-0.4, -0.2) is 53.8 Å². The molecule has 1 N–H and O–H groups in total. The van der Waals surface area contributed by atoms with E-state index in [-0.39, 0.29) is 29.1 Å². The first-order valence-electron chi connectivity index (χ1n) is 11.1. The maximum absolute atomic E-state index is 13.2. The zero-order valence-electron chi connectivity index (χ0n) is 17.6. The highest BCUT2D eigenvalue weighted by Crippen LogP contribution is 2.74. The number of esters is 1. The number of fused-ring (bicyclic) bond motifs is 1. The van der Waals surface area contributed by atoms with Gasteiger partial charge in [0.1, 0.15) is 0 Å². The minimum atomic E-state index is -0.725. The maximum atomic E-state index is 13.2. The molecule has 4 aliphatic heterocycles. The molecular formula is C23H28N2O5. The first-order chi connectivity index (χ1) is 14.5. The zero-order chi connectivity index (χ0) is 20.9. The molecule has 5 aliphatic rings. The van der Waals surface area contributed by atoms with Crippen LogP contribution in [0, 0.1) is 5.41 Å². The summed E-state index contributed by atoms with van der Waals surface area (Å²) in [6, 6.07) is 3.66. The summed E-state index contributed by atoms with van der Waals surface area (Å²) in [5.74, 6) is 0.247. The van der Waals surface area contributed by atoms with Crippen molar-refractivity contribution >= 4 is 17.6 Å². The minimum absolute atomic E-state index is 0.0100. The van der Waals surface area contributed by atoms with Crippen molar-refractivity contribution < 1.29 is 24.2 Å². The molecule has 6 rings (SSSR count). The SMILES string of the molecule is CCC(=O)N1c2c(ccc(OC)c2O)[C@]23CCN4CCC[C@]5(CC[C@H]12)CC(=O)O[C@@]453. The highest BCUT2D eigenvalue weighted by molar-refractivity contribution is 6.00. The van der Waals surface area contributed by atoms with Crippen LogP contribution >= 0.6 is 0 Å². The fraction of sp³-hybridized carbons (Fsp3) is 0.652. The van der Waals surface area contributed by atoms with E-state index >= 15 is 0 Å². The van der Waals surface area contributed by atoms with Crippen molar-refractivity contribution in [1.82, 2.24) is 4.90 Å². The van der Waals surface area contributed by atoms with E-state index in [1.54, 1.807) is 6.07 Å². The van der Waals surface area contributed by atoms with Crippen molar-refractivity contribution in [3.63, 3.8) is 0 Å². The summed E-state index contributed by atoms with van der Waals surface area (Å²) in [7, 11) is 1.52. The van der Waals surface area contributed by atoms with Gasteiger partial charge in [0.05, 0.1) is 30.7 Å². The Labute approximate surface area is 175 Å². The van der Waals surface area contributed by atoms with Gasteiger partial charge in [-0.05, 0) is 43.7 Å². The Bertz CT molecular complexity index is 979. The number of carbonyl (C=O) groups is 2. The van der Waals surface area contributed by atoms with Gasteiger partial charge in [0, 0.05) is 24.9 Å². The first kappa shape index (κ1) is 18.5. The normalized spacial score (nSPS) is 38.5. The predicted octanol–water partition coefficient (Wildman–Crippen LogP) is 2.69. The molecule has 1 aromatic rings. The molecule has 0 radical (unpaired) electrons. The van der Waals surface area contributed by atoms with Gasteiger partial charge in [-0.1, -0.05) is 13.0 Å². The Morgan fingerprint density at radius 3 is 2.90 bits per heavy atom. The lowest BCUT2D eigenvalue weighted by molar-refractivity contribution is -0.230. The second-order valence-electron chi connectivity index (χ2n) is 9.57. The molecular weight excluding hydrogens is 384 g/mol. The number of piperidine rings is 1. The molecule has 4 atom stereocenters. The molecule has 160 valence electrons. The number of amides is 1. The number of rotatable bonds is 2. The van der Waals surface area contributed by atoms with Crippen LogP contribution in [0.3, 0.4) is 0 Å². The number of nitrogens with zero attached hydrogens (tertiary/aromatic N) is 2. The van der Waals surface area contributed by atoms with Gasteiger partial charge in [0.25, 0.3) is 0 Å². The molecule has 0 aromatic heterocycles. The van der Waals surface area contributed by atoms with E-state index in [1.807, 2.05) is 17.9 Å². The van der Waals surface area contributed by atoms with Crippen molar-refractivity contribution in [3.8, 4) is 11.5 Å². The molecule has 7 nitrogen and oxygen atoms in total. The number of ether oxygens (including phenoxy) is 2. The molecule has 1 amide bonds. The molecule has 1 aliphatic carbocycles. The van der Waals surface area contributed by atoms with Gasteiger partial charge in [-0.3, -0.25) is 14.5 Å². The third-order valence-corrected chi connectivity index (χ3v) is 8.78. The van der Waals surface area contributed by atoms with Gasteiger partial charge < -0.3 is 19.5 Å². The monoisotopic (exact) mass is 412 g/mol. The number of hydrogen-bond donors (Lipinski definition) is 1. The molecule has 7 heteroatoms. The van der Waals surface area contributed by atoms with E-state index in [4.69, 9.17) is 9.47 Å². The maximum Gasteiger partial charge on any atom is 0.308 e. The molecule has 2 spiro atoms. The number of aromatic hydroxyl groups is 1. The summed E-state index contributed by atoms with van der Waals surface area (Å²) in [6.45, 7) is 3.60. The molecule has 4 heterocycles. The molecule has 0 bridgehead atoms. The number of hydrogen-bond acceptors (Lipinski definition) is 6. The lowest BCUT2D eigenvalue weighted by Crippen LogP contribution is -2.73. The van der Waals surface area contributed by atoms with Gasteiger partial charge in [-0.2, -0.15) is 0 Å². The number of phenolic OH excluding ortho intramolecular Hbond substituents is 1. The Kier molecular flexibility index (Phi) is 3.51. The van der Waals surface area contributed by atoms with Crippen LogP contribution in [0.15, 0.2) is 12.1 Å². The number of anilines is 1. The van der Waals surface area contributed by atoms with Crippen LogP contribution in [-0.2, 0) is 19.7 Å². The van der Waals surface area contributed by atoms with Crippen LogP contribution in [0.4, 0.5) is 5.69 Å². The second-order valence-corrected chi connectivity index (χ2v) is 9.57. The van der Waals surface area contributed by atoms with Crippen molar-refractivity contribution in [1.29, 1.82) is 0 Å². The summed E-state index contributed by atoms with van der Waals surface area (Å²) in [5, 5.41) is 11.1. The van der Waals surface area contributed by atoms with E-state index in [1.165, 1.54) is 7.11 Å². The molecule has 1 aromatic carbocycles.